The molecular formula is C20H21NO5S. The summed E-state index contributed by atoms with van der Waals surface area (Å²) in [6.45, 7) is 4.44. The standard InChI is InChI=1S/C20H21NO5S/c1-3-24-20(23)17-13-6-4-11(2)8-16(13)27-19(17)21-18(22)12-5-7-14-15(9-12)26-10-25-14/h5,7,9,11H,3-4,6,8,10H2,1-2H3,(H,21,22). The lowest BCUT2D eigenvalue weighted by atomic mass is 9.88. The van der Waals surface area contributed by atoms with Crippen LogP contribution < -0.4 is 14.8 Å². The fourth-order valence-electron chi connectivity index (χ4n) is 3.47. The number of ether oxygens (including phenoxy) is 3. The van der Waals surface area contributed by atoms with Crippen molar-refractivity contribution < 1.29 is 23.8 Å². The monoisotopic (exact) mass is 387 g/mol. The topological polar surface area (TPSA) is 73.9 Å². The fraction of sp³-hybridized carbons (Fsp3) is 0.400. The molecule has 4 rings (SSSR count). The molecule has 1 aliphatic heterocycles. The second-order valence-corrected chi connectivity index (χ2v) is 7.90. The molecule has 1 aromatic carbocycles. The van der Waals surface area contributed by atoms with Crippen LogP contribution in [0.3, 0.4) is 0 Å². The van der Waals surface area contributed by atoms with E-state index < -0.39 is 0 Å². The van der Waals surface area contributed by atoms with E-state index in [0.29, 0.717) is 40.2 Å². The van der Waals surface area contributed by atoms with E-state index in [0.717, 1.165) is 29.7 Å². The maximum atomic E-state index is 12.8. The van der Waals surface area contributed by atoms with E-state index in [4.69, 9.17) is 14.2 Å². The minimum absolute atomic E-state index is 0.156. The first-order valence-electron chi connectivity index (χ1n) is 9.09. The van der Waals surface area contributed by atoms with Gasteiger partial charge in [0.05, 0.1) is 12.2 Å². The van der Waals surface area contributed by atoms with Crippen molar-refractivity contribution in [2.45, 2.75) is 33.1 Å². The molecule has 7 heteroatoms. The third-order valence-electron chi connectivity index (χ3n) is 4.85. The molecule has 0 saturated heterocycles. The first kappa shape index (κ1) is 17.9. The van der Waals surface area contributed by atoms with Gasteiger partial charge in [-0.3, -0.25) is 4.79 Å². The number of carbonyl (C=O) groups is 2. The summed E-state index contributed by atoms with van der Waals surface area (Å²) in [6, 6.07) is 5.05. The van der Waals surface area contributed by atoms with Crippen molar-refractivity contribution in [1.82, 2.24) is 0 Å². The van der Waals surface area contributed by atoms with E-state index in [-0.39, 0.29) is 18.7 Å². The molecule has 0 saturated carbocycles. The Balaban J connectivity index is 1.64. The Morgan fingerprint density at radius 2 is 2.11 bits per heavy atom. The minimum atomic E-state index is -0.370. The summed E-state index contributed by atoms with van der Waals surface area (Å²) < 4.78 is 15.9. The molecule has 1 amide bonds. The van der Waals surface area contributed by atoms with Crippen LogP contribution >= 0.6 is 11.3 Å². The van der Waals surface area contributed by atoms with E-state index >= 15 is 0 Å². The number of benzene rings is 1. The molecule has 142 valence electrons. The number of amides is 1. The number of carbonyl (C=O) groups excluding carboxylic acids is 2. The Morgan fingerprint density at radius 1 is 1.30 bits per heavy atom. The molecule has 0 radical (unpaired) electrons. The van der Waals surface area contributed by atoms with Crippen LogP contribution in [-0.2, 0) is 17.6 Å². The number of fused-ring (bicyclic) bond motifs is 2. The lowest BCUT2D eigenvalue weighted by Crippen LogP contribution is -2.16. The van der Waals surface area contributed by atoms with Crippen LogP contribution in [0.1, 0.15) is 51.4 Å². The van der Waals surface area contributed by atoms with Gasteiger partial charge in [-0.1, -0.05) is 6.92 Å². The van der Waals surface area contributed by atoms with Gasteiger partial charge in [0, 0.05) is 10.4 Å². The number of rotatable bonds is 4. The molecule has 0 bridgehead atoms. The van der Waals surface area contributed by atoms with Gasteiger partial charge in [-0.15, -0.1) is 11.3 Å². The highest BCUT2D eigenvalue weighted by atomic mass is 32.1. The van der Waals surface area contributed by atoms with Gasteiger partial charge in [-0.2, -0.15) is 0 Å². The average molecular weight is 387 g/mol. The number of anilines is 1. The van der Waals surface area contributed by atoms with E-state index in [2.05, 4.69) is 12.2 Å². The SMILES string of the molecule is CCOC(=O)c1c(NC(=O)c2ccc3c(c2)OCO3)sc2c1CCC(C)C2. The summed E-state index contributed by atoms with van der Waals surface area (Å²) in [6.07, 6.45) is 2.79. The Kier molecular flexibility index (Phi) is 4.78. The molecule has 0 fully saturated rings. The van der Waals surface area contributed by atoms with Crippen LogP contribution in [0, 0.1) is 5.92 Å². The Labute approximate surface area is 161 Å². The normalized spacial score (nSPS) is 17.3. The van der Waals surface area contributed by atoms with Gasteiger partial charge in [0.15, 0.2) is 11.5 Å². The van der Waals surface area contributed by atoms with Crippen LogP contribution in [0.2, 0.25) is 0 Å². The summed E-state index contributed by atoms with van der Waals surface area (Å²) in [5, 5.41) is 3.48. The maximum Gasteiger partial charge on any atom is 0.341 e. The van der Waals surface area contributed by atoms with Crippen molar-refractivity contribution in [1.29, 1.82) is 0 Å². The largest absolute Gasteiger partial charge is 0.462 e. The summed E-state index contributed by atoms with van der Waals surface area (Å²) >= 11 is 1.48. The van der Waals surface area contributed by atoms with Crippen molar-refractivity contribution >= 4 is 28.2 Å². The lowest BCUT2D eigenvalue weighted by molar-refractivity contribution is 0.0526. The predicted octanol–water partition coefficient (Wildman–Crippen LogP) is 4.03. The summed E-state index contributed by atoms with van der Waals surface area (Å²) in [5.41, 5.74) is 1.99. The van der Waals surface area contributed by atoms with Crippen LogP contribution in [0.15, 0.2) is 18.2 Å². The molecule has 1 unspecified atom stereocenters. The van der Waals surface area contributed by atoms with Crippen LogP contribution in [0.25, 0.3) is 0 Å². The number of thiophene rings is 1. The molecule has 6 nitrogen and oxygen atoms in total. The fourth-order valence-corrected chi connectivity index (χ4v) is 4.87. The van der Waals surface area contributed by atoms with Gasteiger partial charge in [0.2, 0.25) is 6.79 Å². The van der Waals surface area contributed by atoms with E-state index in [9.17, 15) is 9.59 Å². The third kappa shape index (κ3) is 3.39. The molecule has 0 spiro atoms. The number of hydrogen-bond acceptors (Lipinski definition) is 6. The molecule has 1 N–H and O–H groups in total. The number of nitrogens with one attached hydrogen (secondary N) is 1. The molecule has 2 aliphatic rings. The molecule has 1 aliphatic carbocycles. The van der Waals surface area contributed by atoms with Gasteiger partial charge in [0.25, 0.3) is 5.91 Å². The maximum absolute atomic E-state index is 12.8. The highest BCUT2D eigenvalue weighted by Gasteiger charge is 2.29. The molecule has 1 aromatic heterocycles. The highest BCUT2D eigenvalue weighted by Crippen LogP contribution is 2.40. The van der Waals surface area contributed by atoms with E-state index in [1.165, 1.54) is 11.3 Å². The predicted molar refractivity (Wildman–Crippen MR) is 102 cm³/mol. The summed E-state index contributed by atoms with van der Waals surface area (Å²) in [5.74, 6) is 1.09. The van der Waals surface area contributed by atoms with Gasteiger partial charge in [0.1, 0.15) is 5.00 Å². The van der Waals surface area contributed by atoms with Gasteiger partial charge in [-0.05, 0) is 55.9 Å². The van der Waals surface area contributed by atoms with Crippen molar-refractivity contribution in [2.75, 3.05) is 18.7 Å². The summed E-state index contributed by atoms with van der Waals surface area (Å²) in [4.78, 5) is 26.5. The molecule has 1 atom stereocenters. The minimum Gasteiger partial charge on any atom is -0.462 e. The van der Waals surface area contributed by atoms with Crippen molar-refractivity contribution in [2.24, 2.45) is 5.92 Å². The van der Waals surface area contributed by atoms with Crippen LogP contribution in [0.5, 0.6) is 11.5 Å². The molecule has 2 aromatic rings. The van der Waals surface area contributed by atoms with Crippen molar-refractivity contribution in [3.63, 3.8) is 0 Å². The number of esters is 1. The second kappa shape index (κ2) is 7.23. The molecular weight excluding hydrogens is 366 g/mol. The van der Waals surface area contributed by atoms with E-state index in [1.54, 1.807) is 25.1 Å². The Hall–Kier alpha value is -2.54. The van der Waals surface area contributed by atoms with Crippen molar-refractivity contribution in [3.05, 3.63) is 39.8 Å². The van der Waals surface area contributed by atoms with Crippen molar-refractivity contribution in [3.8, 4) is 11.5 Å². The van der Waals surface area contributed by atoms with E-state index in [1.807, 2.05) is 0 Å². The Bertz CT molecular complexity index is 904. The quantitative estimate of drug-likeness (QED) is 0.802. The third-order valence-corrected chi connectivity index (χ3v) is 6.02. The zero-order valence-corrected chi connectivity index (χ0v) is 16.1. The zero-order chi connectivity index (χ0) is 19.0. The van der Waals surface area contributed by atoms with Crippen LogP contribution in [-0.4, -0.2) is 25.3 Å². The smallest absolute Gasteiger partial charge is 0.341 e. The van der Waals surface area contributed by atoms with Gasteiger partial charge in [-0.25, -0.2) is 4.79 Å². The highest BCUT2D eigenvalue weighted by molar-refractivity contribution is 7.17. The molecule has 2 heterocycles. The average Bonchev–Trinajstić information content (AvgIpc) is 3.24. The van der Waals surface area contributed by atoms with Gasteiger partial charge < -0.3 is 19.5 Å². The van der Waals surface area contributed by atoms with Crippen LogP contribution in [0.4, 0.5) is 5.00 Å². The Morgan fingerprint density at radius 3 is 2.93 bits per heavy atom. The first-order valence-corrected chi connectivity index (χ1v) is 9.91. The molecule has 27 heavy (non-hydrogen) atoms. The zero-order valence-electron chi connectivity index (χ0n) is 15.3. The summed E-state index contributed by atoms with van der Waals surface area (Å²) in [7, 11) is 0. The first-order chi connectivity index (χ1) is 13.1. The van der Waals surface area contributed by atoms with Gasteiger partial charge >= 0.3 is 5.97 Å². The second-order valence-electron chi connectivity index (χ2n) is 6.80. The number of hydrogen-bond donors (Lipinski definition) is 1. The lowest BCUT2D eigenvalue weighted by Gasteiger charge is -2.18.